The third kappa shape index (κ3) is 4.20. The molecule has 0 aliphatic rings. The van der Waals surface area contributed by atoms with Gasteiger partial charge in [0.15, 0.2) is 0 Å². The molecule has 0 saturated heterocycles. The monoisotopic (exact) mass is 386 g/mol. The molecule has 0 fully saturated rings. The maximum atomic E-state index is 12.3. The number of hydrogen-bond acceptors (Lipinski definition) is 3. The second kappa shape index (κ2) is 7.04. The maximum absolute atomic E-state index is 12.3. The van der Waals surface area contributed by atoms with Crippen LogP contribution in [0, 0.1) is 0 Å². The fraction of sp³-hybridized carbons (Fsp3) is 0.364. The summed E-state index contributed by atoms with van der Waals surface area (Å²) in [4.78, 5) is 11.2. The summed E-state index contributed by atoms with van der Waals surface area (Å²) in [5.41, 5.74) is 1.19. The van der Waals surface area contributed by atoms with Crippen LogP contribution in [-0.4, -0.2) is 19.7 Å². The van der Waals surface area contributed by atoms with Gasteiger partial charge in [0.2, 0.25) is 0 Å². The SMILES string of the molecule is COC(=O)Cc1cc(CBr)c(Br)cc1OC(F)F. The lowest BCUT2D eigenvalue weighted by atomic mass is 10.1. The second-order valence-electron chi connectivity index (χ2n) is 3.32. The van der Waals surface area contributed by atoms with E-state index < -0.39 is 12.6 Å². The molecule has 18 heavy (non-hydrogen) atoms. The molecule has 7 heteroatoms. The van der Waals surface area contributed by atoms with E-state index in [0.29, 0.717) is 15.4 Å². The van der Waals surface area contributed by atoms with Crippen molar-refractivity contribution in [3.05, 3.63) is 27.7 Å². The highest BCUT2D eigenvalue weighted by molar-refractivity contribution is 9.10. The molecule has 1 aromatic carbocycles. The molecule has 0 heterocycles. The van der Waals surface area contributed by atoms with Crippen LogP contribution in [0.25, 0.3) is 0 Å². The standard InChI is InChI=1S/C11H10Br2F2O3/c1-17-10(16)3-6-2-7(5-12)8(13)4-9(6)18-11(14)15/h2,4,11H,3,5H2,1H3. The molecular weight excluding hydrogens is 378 g/mol. The van der Waals surface area contributed by atoms with Crippen molar-refractivity contribution in [1.29, 1.82) is 0 Å². The molecule has 0 unspecified atom stereocenters. The predicted molar refractivity (Wildman–Crippen MR) is 69.1 cm³/mol. The van der Waals surface area contributed by atoms with Gasteiger partial charge in [-0.05, 0) is 17.7 Å². The Bertz CT molecular complexity index is 439. The molecule has 0 amide bonds. The third-order valence-corrected chi connectivity index (χ3v) is 3.49. The average Bonchev–Trinajstić information content (AvgIpc) is 2.31. The molecule has 3 nitrogen and oxygen atoms in total. The van der Waals surface area contributed by atoms with Crippen LogP contribution in [0.5, 0.6) is 5.75 Å². The van der Waals surface area contributed by atoms with Crippen molar-refractivity contribution in [1.82, 2.24) is 0 Å². The number of halogens is 4. The lowest BCUT2D eigenvalue weighted by Crippen LogP contribution is -2.10. The first-order chi connectivity index (χ1) is 8.47. The zero-order valence-corrected chi connectivity index (χ0v) is 12.6. The summed E-state index contributed by atoms with van der Waals surface area (Å²) in [5.74, 6) is -0.552. The minimum atomic E-state index is -2.94. The highest BCUT2D eigenvalue weighted by Crippen LogP contribution is 2.30. The minimum Gasteiger partial charge on any atom is -0.469 e. The zero-order chi connectivity index (χ0) is 13.7. The van der Waals surface area contributed by atoms with E-state index in [9.17, 15) is 13.6 Å². The number of methoxy groups -OCH3 is 1. The number of alkyl halides is 3. The van der Waals surface area contributed by atoms with Gasteiger partial charge in [0.25, 0.3) is 0 Å². The van der Waals surface area contributed by atoms with Gasteiger partial charge < -0.3 is 9.47 Å². The largest absolute Gasteiger partial charge is 0.469 e. The van der Waals surface area contributed by atoms with Crippen LogP contribution in [0.3, 0.4) is 0 Å². The summed E-state index contributed by atoms with van der Waals surface area (Å²) >= 11 is 6.51. The summed E-state index contributed by atoms with van der Waals surface area (Å²) in [6.07, 6.45) is -0.119. The van der Waals surface area contributed by atoms with E-state index in [1.165, 1.54) is 13.2 Å². The summed E-state index contributed by atoms with van der Waals surface area (Å²) in [6, 6.07) is 3.04. The predicted octanol–water partition coefficient (Wildman–Crippen LogP) is 3.66. The molecule has 0 spiro atoms. The first-order valence-electron chi connectivity index (χ1n) is 4.86. The molecular formula is C11H10Br2F2O3. The normalized spacial score (nSPS) is 10.6. The van der Waals surface area contributed by atoms with Crippen molar-refractivity contribution in [3.63, 3.8) is 0 Å². The molecule has 0 bridgehead atoms. The Hall–Kier alpha value is -0.690. The smallest absolute Gasteiger partial charge is 0.387 e. The number of benzene rings is 1. The highest BCUT2D eigenvalue weighted by Gasteiger charge is 2.15. The third-order valence-electron chi connectivity index (χ3n) is 2.15. The van der Waals surface area contributed by atoms with Crippen molar-refractivity contribution >= 4 is 37.8 Å². The fourth-order valence-electron chi connectivity index (χ4n) is 1.32. The van der Waals surface area contributed by atoms with E-state index in [1.807, 2.05) is 0 Å². The van der Waals surface area contributed by atoms with Gasteiger partial charge in [0.1, 0.15) is 5.75 Å². The maximum Gasteiger partial charge on any atom is 0.387 e. The molecule has 0 aliphatic carbocycles. The number of esters is 1. The van der Waals surface area contributed by atoms with Gasteiger partial charge >= 0.3 is 12.6 Å². The molecule has 100 valence electrons. The van der Waals surface area contributed by atoms with Crippen molar-refractivity contribution in [3.8, 4) is 5.75 Å². The summed E-state index contributed by atoms with van der Waals surface area (Å²) in [5, 5.41) is 0.525. The Labute approximate surface area is 120 Å². The molecule has 0 atom stereocenters. The van der Waals surface area contributed by atoms with E-state index >= 15 is 0 Å². The van der Waals surface area contributed by atoms with Crippen molar-refractivity contribution in [2.24, 2.45) is 0 Å². The number of carbonyl (C=O) groups is 1. The van der Waals surface area contributed by atoms with Crippen LogP contribution < -0.4 is 4.74 Å². The van der Waals surface area contributed by atoms with Gasteiger partial charge in [0, 0.05) is 15.4 Å². The van der Waals surface area contributed by atoms with Gasteiger partial charge in [0.05, 0.1) is 13.5 Å². The second-order valence-corrected chi connectivity index (χ2v) is 4.73. The zero-order valence-electron chi connectivity index (χ0n) is 9.38. The van der Waals surface area contributed by atoms with Gasteiger partial charge in [-0.2, -0.15) is 8.78 Å². The van der Waals surface area contributed by atoms with Gasteiger partial charge in [-0.25, -0.2) is 0 Å². The van der Waals surface area contributed by atoms with E-state index in [-0.39, 0.29) is 12.2 Å². The Balaban J connectivity index is 3.12. The van der Waals surface area contributed by atoms with Gasteiger partial charge in [-0.1, -0.05) is 31.9 Å². The van der Waals surface area contributed by atoms with Crippen molar-refractivity contribution < 1.29 is 23.0 Å². The molecule has 0 aromatic heterocycles. The van der Waals surface area contributed by atoms with E-state index in [0.717, 1.165) is 5.56 Å². The summed E-state index contributed by atoms with van der Waals surface area (Å²) in [7, 11) is 1.24. The topological polar surface area (TPSA) is 35.5 Å². The fourth-order valence-corrected chi connectivity index (χ4v) is 2.63. The first-order valence-corrected chi connectivity index (χ1v) is 6.78. The number of ether oxygens (including phenoxy) is 2. The van der Waals surface area contributed by atoms with Crippen LogP contribution in [-0.2, 0) is 21.3 Å². The van der Waals surface area contributed by atoms with Crippen LogP contribution in [0.1, 0.15) is 11.1 Å². The quantitative estimate of drug-likeness (QED) is 0.571. The van der Waals surface area contributed by atoms with E-state index in [4.69, 9.17) is 0 Å². The molecule has 1 aromatic rings. The molecule has 0 aliphatic heterocycles. The average molecular weight is 388 g/mol. The van der Waals surface area contributed by atoms with Gasteiger partial charge in [-0.15, -0.1) is 0 Å². The molecule has 0 N–H and O–H groups in total. The van der Waals surface area contributed by atoms with Crippen molar-refractivity contribution in [2.45, 2.75) is 18.4 Å². The van der Waals surface area contributed by atoms with Crippen molar-refractivity contribution in [2.75, 3.05) is 7.11 Å². The highest BCUT2D eigenvalue weighted by atomic mass is 79.9. The summed E-state index contributed by atoms with van der Waals surface area (Å²) < 4.78 is 34.1. The lowest BCUT2D eigenvalue weighted by molar-refractivity contribution is -0.139. The Morgan fingerprint density at radius 1 is 1.39 bits per heavy atom. The molecule has 0 radical (unpaired) electrons. The van der Waals surface area contributed by atoms with Crippen LogP contribution in [0.4, 0.5) is 8.78 Å². The van der Waals surface area contributed by atoms with Crippen LogP contribution >= 0.6 is 31.9 Å². The molecule has 1 rings (SSSR count). The number of carbonyl (C=O) groups excluding carboxylic acids is 1. The van der Waals surface area contributed by atoms with Gasteiger partial charge in [-0.3, -0.25) is 4.79 Å². The number of rotatable bonds is 5. The molecule has 0 saturated carbocycles. The van der Waals surface area contributed by atoms with Crippen LogP contribution in [0.2, 0.25) is 0 Å². The summed E-state index contributed by atoms with van der Waals surface area (Å²) in [6.45, 7) is -2.94. The Kier molecular flexibility index (Phi) is 6.01. The first kappa shape index (κ1) is 15.4. The lowest BCUT2D eigenvalue weighted by Gasteiger charge is -2.13. The van der Waals surface area contributed by atoms with E-state index in [2.05, 4.69) is 41.3 Å². The Morgan fingerprint density at radius 2 is 2.06 bits per heavy atom. The number of hydrogen-bond donors (Lipinski definition) is 0. The minimum absolute atomic E-state index is 0.0352. The Morgan fingerprint density at radius 3 is 2.56 bits per heavy atom. The van der Waals surface area contributed by atoms with Crippen LogP contribution in [0.15, 0.2) is 16.6 Å². The van der Waals surface area contributed by atoms with E-state index in [1.54, 1.807) is 6.07 Å².